The Morgan fingerprint density at radius 3 is 2.82 bits per heavy atom. The summed E-state index contributed by atoms with van der Waals surface area (Å²) in [6.07, 6.45) is 4.99. The maximum atomic E-state index is 12.6. The monoisotopic (exact) mass is 387 g/mol. The molecule has 1 fully saturated rings. The summed E-state index contributed by atoms with van der Waals surface area (Å²) in [6, 6.07) is 0. The fourth-order valence-electron chi connectivity index (χ4n) is 3.27. The largest absolute Gasteiger partial charge is 0.392 e. The first-order valence-electron chi connectivity index (χ1n) is 9.30. The Labute approximate surface area is 163 Å². The molecular weight excluding hydrogens is 362 g/mol. The topological polar surface area (TPSA) is 126 Å². The van der Waals surface area contributed by atoms with E-state index in [0.717, 1.165) is 5.69 Å². The summed E-state index contributed by atoms with van der Waals surface area (Å²) in [6.45, 7) is 4.63. The minimum atomic E-state index is -0.768. The Morgan fingerprint density at radius 2 is 2.14 bits per heavy atom. The molecule has 0 unspecified atom stereocenters. The summed E-state index contributed by atoms with van der Waals surface area (Å²) in [5.74, 6) is 0.220. The van der Waals surface area contributed by atoms with Crippen LogP contribution in [0.15, 0.2) is 18.6 Å². The van der Waals surface area contributed by atoms with Crippen molar-refractivity contribution >= 4 is 11.8 Å². The van der Waals surface area contributed by atoms with Gasteiger partial charge in [0.2, 0.25) is 11.8 Å². The number of carbonyl (C=O) groups is 2. The minimum Gasteiger partial charge on any atom is -0.392 e. The van der Waals surface area contributed by atoms with Crippen LogP contribution in [0.2, 0.25) is 0 Å². The van der Waals surface area contributed by atoms with Gasteiger partial charge in [-0.15, -0.1) is 0 Å². The van der Waals surface area contributed by atoms with Crippen molar-refractivity contribution in [2.45, 2.75) is 39.3 Å². The molecule has 28 heavy (non-hydrogen) atoms. The maximum absolute atomic E-state index is 12.6. The van der Waals surface area contributed by atoms with E-state index in [0.29, 0.717) is 37.6 Å². The number of amides is 2. The van der Waals surface area contributed by atoms with Crippen LogP contribution < -0.4 is 5.32 Å². The number of rotatable bonds is 6. The third-order valence-electron chi connectivity index (χ3n) is 4.81. The van der Waals surface area contributed by atoms with Gasteiger partial charge in [-0.1, -0.05) is 0 Å². The molecule has 0 aromatic carbocycles. The van der Waals surface area contributed by atoms with E-state index in [1.807, 2.05) is 0 Å². The van der Waals surface area contributed by atoms with Gasteiger partial charge in [0.15, 0.2) is 0 Å². The zero-order valence-corrected chi connectivity index (χ0v) is 16.1. The van der Waals surface area contributed by atoms with Crippen molar-refractivity contribution < 1.29 is 14.7 Å². The molecule has 2 atom stereocenters. The summed E-state index contributed by atoms with van der Waals surface area (Å²) < 4.78 is 1.55. The standard InChI is InChI=1S/C18H25N7O3/c1-12-22-13(2)25(23-12)11-17(27)24-8-4-16(26)15(10-24)18(28)21-5-3-14-9-19-6-7-20-14/h6-7,9,15-16,26H,3-5,8,10-11H2,1-2H3,(H,21,28)/t15-,16+/m0/s1. The average molecular weight is 387 g/mol. The average Bonchev–Trinajstić information content (AvgIpc) is 2.99. The molecule has 0 aliphatic carbocycles. The number of carbonyl (C=O) groups excluding carboxylic acids is 2. The molecule has 0 radical (unpaired) electrons. The van der Waals surface area contributed by atoms with E-state index in [2.05, 4.69) is 25.4 Å². The number of likely N-dealkylation sites (tertiary alicyclic amines) is 1. The molecule has 2 aromatic heterocycles. The molecule has 2 amide bonds. The molecule has 10 nitrogen and oxygen atoms in total. The van der Waals surface area contributed by atoms with Crippen molar-refractivity contribution in [2.75, 3.05) is 19.6 Å². The molecule has 0 saturated carbocycles. The molecule has 2 aromatic rings. The maximum Gasteiger partial charge on any atom is 0.244 e. The predicted molar refractivity (Wildman–Crippen MR) is 98.9 cm³/mol. The zero-order chi connectivity index (χ0) is 20.1. The molecule has 3 heterocycles. The van der Waals surface area contributed by atoms with Gasteiger partial charge >= 0.3 is 0 Å². The third kappa shape index (κ3) is 4.89. The summed E-state index contributed by atoms with van der Waals surface area (Å²) >= 11 is 0. The molecule has 0 spiro atoms. The summed E-state index contributed by atoms with van der Waals surface area (Å²) in [5, 5.41) is 17.3. The Kier molecular flexibility index (Phi) is 6.30. The van der Waals surface area contributed by atoms with Crippen LogP contribution in [0, 0.1) is 19.8 Å². The second-order valence-electron chi connectivity index (χ2n) is 6.90. The molecular formula is C18H25N7O3. The molecule has 150 valence electrons. The lowest BCUT2D eigenvalue weighted by Crippen LogP contribution is -2.52. The lowest BCUT2D eigenvalue weighted by Gasteiger charge is -2.35. The number of aliphatic hydroxyl groups excluding tert-OH is 1. The lowest BCUT2D eigenvalue weighted by atomic mass is 9.93. The van der Waals surface area contributed by atoms with Crippen molar-refractivity contribution in [2.24, 2.45) is 5.92 Å². The second kappa shape index (κ2) is 8.87. The Morgan fingerprint density at radius 1 is 1.32 bits per heavy atom. The van der Waals surface area contributed by atoms with Crippen LogP contribution in [0.4, 0.5) is 0 Å². The predicted octanol–water partition coefficient (Wildman–Crippen LogP) is -0.747. The van der Waals surface area contributed by atoms with Crippen LogP contribution in [-0.2, 0) is 22.6 Å². The highest BCUT2D eigenvalue weighted by molar-refractivity contribution is 5.81. The second-order valence-corrected chi connectivity index (χ2v) is 6.90. The summed E-state index contributed by atoms with van der Waals surface area (Å²) in [4.78, 5) is 39.1. The smallest absolute Gasteiger partial charge is 0.244 e. The van der Waals surface area contributed by atoms with Crippen molar-refractivity contribution in [1.29, 1.82) is 0 Å². The number of nitrogens with zero attached hydrogens (tertiary/aromatic N) is 6. The van der Waals surface area contributed by atoms with Gasteiger partial charge in [0, 0.05) is 44.6 Å². The van der Waals surface area contributed by atoms with Crippen LogP contribution in [-0.4, -0.2) is 72.3 Å². The van der Waals surface area contributed by atoms with Crippen molar-refractivity contribution in [3.05, 3.63) is 35.9 Å². The number of aliphatic hydroxyl groups is 1. The van der Waals surface area contributed by atoms with Gasteiger partial charge in [0.05, 0.1) is 17.7 Å². The number of aryl methyl sites for hydroxylation is 2. The zero-order valence-electron chi connectivity index (χ0n) is 16.1. The minimum absolute atomic E-state index is 0.0732. The number of hydrogen-bond donors (Lipinski definition) is 2. The molecule has 0 bridgehead atoms. The normalized spacial score (nSPS) is 19.5. The van der Waals surface area contributed by atoms with Crippen molar-refractivity contribution in [1.82, 2.24) is 34.9 Å². The van der Waals surface area contributed by atoms with Crippen LogP contribution in [0.5, 0.6) is 0 Å². The first kappa shape index (κ1) is 19.9. The van der Waals surface area contributed by atoms with E-state index in [1.54, 1.807) is 42.0 Å². The molecule has 1 saturated heterocycles. The van der Waals surface area contributed by atoms with Gasteiger partial charge in [-0.25, -0.2) is 9.67 Å². The highest BCUT2D eigenvalue weighted by Crippen LogP contribution is 2.18. The number of hydrogen-bond acceptors (Lipinski definition) is 7. The fourth-order valence-corrected chi connectivity index (χ4v) is 3.27. The van der Waals surface area contributed by atoms with Gasteiger partial charge in [0.25, 0.3) is 0 Å². The SMILES string of the molecule is Cc1nc(C)n(CC(=O)N2CC[C@@H](O)[C@@H](C(=O)NCCc3cnccn3)C2)n1. The van der Waals surface area contributed by atoms with E-state index in [9.17, 15) is 14.7 Å². The van der Waals surface area contributed by atoms with Crippen LogP contribution in [0.3, 0.4) is 0 Å². The third-order valence-corrected chi connectivity index (χ3v) is 4.81. The highest BCUT2D eigenvalue weighted by atomic mass is 16.3. The summed E-state index contributed by atoms with van der Waals surface area (Å²) in [5.41, 5.74) is 0.780. The molecule has 3 rings (SSSR count). The number of aromatic nitrogens is 5. The number of piperidine rings is 1. The van der Waals surface area contributed by atoms with E-state index < -0.39 is 12.0 Å². The highest BCUT2D eigenvalue weighted by Gasteiger charge is 2.35. The van der Waals surface area contributed by atoms with Gasteiger partial charge in [-0.05, 0) is 20.3 Å². The van der Waals surface area contributed by atoms with Crippen molar-refractivity contribution in [3.8, 4) is 0 Å². The van der Waals surface area contributed by atoms with Crippen LogP contribution in [0.1, 0.15) is 23.8 Å². The number of nitrogens with one attached hydrogen (secondary N) is 1. The van der Waals surface area contributed by atoms with Gasteiger partial charge in [-0.2, -0.15) is 5.10 Å². The fraction of sp³-hybridized carbons (Fsp3) is 0.556. The Hall–Kier alpha value is -2.88. The quantitative estimate of drug-likeness (QED) is 0.668. The van der Waals surface area contributed by atoms with E-state index >= 15 is 0 Å². The van der Waals surface area contributed by atoms with E-state index in [1.165, 1.54) is 0 Å². The van der Waals surface area contributed by atoms with Gasteiger partial charge in [-0.3, -0.25) is 19.6 Å². The molecule has 1 aliphatic heterocycles. The first-order chi connectivity index (χ1) is 13.4. The first-order valence-corrected chi connectivity index (χ1v) is 9.30. The van der Waals surface area contributed by atoms with Crippen LogP contribution in [0.25, 0.3) is 0 Å². The Balaban J connectivity index is 1.53. The van der Waals surface area contributed by atoms with Crippen molar-refractivity contribution in [3.63, 3.8) is 0 Å². The molecule has 10 heteroatoms. The Bertz CT molecular complexity index is 824. The summed E-state index contributed by atoms with van der Waals surface area (Å²) in [7, 11) is 0. The molecule has 2 N–H and O–H groups in total. The molecule has 1 aliphatic rings. The van der Waals surface area contributed by atoms with E-state index in [-0.39, 0.29) is 24.9 Å². The van der Waals surface area contributed by atoms with Crippen LogP contribution >= 0.6 is 0 Å². The lowest BCUT2D eigenvalue weighted by molar-refractivity contribution is -0.140. The van der Waals surface area contributed by atoms with Gasteiger partial charge < -0.3 is 15.3 Å². The van der Waals surface area contributed by atoms with E-state index in [4.69, 9.17) is 0 Å². The van der Waals surface area contributed by atoms with Gasteiger partial charge in [0.1, 0.15) is 18.2 Å².